The van der Waals surface area contributed by atoms with Crippen molar-refractivity contribution < 1.29 is 0 Å². The summed E-state index contributed by atoms with van der Waals surface area (Å²) in [7, 11) is 0. The molecule has 0 aliphatic rings. The lowest BCUT2D eigenvalue weighted by Gasteiger charge is -2.09. The third-order valence-electron chi connectivity index (χ3n) is 2.47. The van der Waals surface area contributed by atoms with Crippen LogP contribution in [0.4, 0.5) is 0 Å². The molecule has 7 heteroatoms. The van der Waals surface area contributed by atoms with Gasteiger partial charge in [-0.1, -0.05) is 66.4 Å². The van der Waals surface area contributed by atoms with Crippen molar-refractivity contribution in [3.63, 3.8) is 0 Å². The smallest absolute Gasteiger partial charge is 0.179 e. The van der Waals surface area contributed by atoms with E-state index in [2.05, 4.69) is 35.4 Å². The molecule has 3 nitrogen and oxygen atoms in total. The molecular formula is C13H16ClN3S3. The second kappa shape index (κ2) is 7.66. The summed E-state index contributed by atoms with van der Waals surface area (Å²) in [5, 5.41) is 12.4. The highest BCUT2D eigenvalue weighted by atomic mass is 35.5. The van der Waals surface area contributed by atoms with E-state index < -0.39 is 0 Å². The quantitative estimate of drug-likeness (QED) is 0.777. The van der Waals surface area contributed by atoms with E-state index in [0.717, 1.165) is 25.1 Å². The van der Waals surface area contributed by atoms with Gasteiger partial charge in [0.05, 0.1) is 5.02 Å². The molecule has 0 saturated heterocycles. The minimum absolute atomic E-state index is 0.467. The van der Waals surface area contributed by atoms with Crippen molar-refractivity contribution in [2.24, 2.45) is 0 Å². The summed E-state index contributed by atoms with van der Waals surface area (Å²) in [5.74, 6) is 0. The fourth-order valence-corrected chi connectivity index (χ4v) is 4.19. The Kier molecular flexibility index (Phi) is 6.17. The van der Waals surface area contributed by atoms with Crippen LogP contribution in [0.25, 0.3) is 0 Å². The maximum Gasteiger partial charge on any atom is 0.179 e. The van der Waals surface area contributed by atoms with Gasteiger partial charge in [-0.25, -0.2) is 0 Å². The topological polar surface area (TPSA) is 37.8 Å². The first-order valence-electron chi connectivity index (χ1n) is 6.15. The van der Waals surface area contributed by atoms with Crippen LogP contribution in [0, 0.1) is 0 Å². The fraction of sp³-hybridized carbons (Fsp3) is 0.385. The van der Waals surface area contributed by atoms with Gasteiger partial charge in [0.2, 0.25) is 0 Å². The predicted molar refractivity (Wildman–Crippen MR) is 89.2 cm³/mol. The largest absolute Gasteiger partial charge is 0.310 e. The van der Waals surface area contributed by atoms with Crippen molar-refractivity contribution in [3.05, 3.63) is 28.8 Å². The molecular weight excluding hydrogens is 330 g/mol. The number of rotatable bonds is 6. The van der Waals surface area contributed by atoms with Gasteiger partial charge in [0, 0.05) is 17.5 Å². The first kappa shape index (κ1) is 16.1. The zero-order valence-corrected chi connectivity index (χ0v) is 14.7. The van der Waals surface area contributed by atoms with E-state index in [9.17, 15) is 0 Å². The van der Waals surface area contributed by atoms with Gasteiger partial charge in [0.15, 0.2) is 8.68 Å². The molecule has 0 fully saturated rings. The average molecular weight is 346 g/mol. The van der Waals surface area contributed by atoms with Gasteiger partial charge >= 0.3 is 0 Å². The molecule has 0 bridgehead atoms. The first-order valence-corrected chi connectivity index (χ1v) is 9.39. The van der Waals surface area contributed by atoms with E-state index in [4.69, 9.17) is 11.6 Å². The molecule has 0 amide bonds. The van der Waals surface area contributed by atoms with Crippen LogP contribution in [0.3, 0.4) is 0 Å². The van der Waals surface area contributed by atoms with E-state index in [1.807, 2.05) is 18.4 Å². The van der Waals surface area contributed by atoms with Gasteiger partial charge in [0.25, 0.3) is 0 Å². The summed E-state index contributed by atoms with van der Waals surface area (Å²) < 4.78 is 1.89. The molecule has 2 rings (SSSR count). The molecule has 1 aromatic carbocycles. The van der Waals surface area contributed by atoms with Gasteiger partial charge in [0.1, 0.15) is 0 Å². The summed E-state index contributed by atoms with van der Waals surface area (Å²) in [6.45, 7) is 5.09. The lowest BCUT2D eigenvalue weighted by molar-refractivity contribution is 0.589. The van der Waals surface area contributed by atoms with Crippen LogP contribution >= 0.6 is 46.5 Å². The normalized spacial score (nSPS) is 11.2. The Hall–Kier alpha value is -0.270. The monoisotopic (exact) mass is 345 g/mol. The fourth-order valence-electron chi connectivity index (χ4n) is 1.47. The molecule has 1 N–H and O–H groups in total. The highest BCUT2D eigenvalue weighted by Crippen LogP contribution is 2.36. The third kappa shape index (κ3) is 4.63. The Balaban J connectivity index is 2.05. The molecule has 20 heavy (non-hydrogen) atoms. The molecule has 0 aliphatic carbocycles. The average Bonchev–Trinajstić information content (AvgIpc) is 2.87. The minimum Gasteiger partial charge on any atom is -0.310 e. The van der Waals surface area contributed by atoms with Gasteiger partial charge in [-0.15, -0.1) is 10.2 Å². The van der Waals surface area contributed by atoms with Crippen LogP contribution in [-0.2, 0) is 6.54 Å². The Morgan fingerprint density at radius 1 is 1.30 bits per heavy atom. The van der Waals surface area contributed by atoms with Crippen molar-refractivity contribution in [2.75, 3.05) is 6.26 Å². The molecule has 0 saturated carbocycles. The molecule has 0 radical (unpaired) electrons. The zero-order valence-electron chi connectivity index (χ0n) is 11.5. The zero-order chi connectivity index (χ0) is 14.5. The molecule has 0 aliphatic heterocycles. The van der Waals surface area contributed by atoms with Gasteiger partial charge < -0.3 is 5.32 Å². The molecule has 0 spiro atoms. The Morgan fingerprint density at radius 3 is 2.65 bits per heavy atom. The number of aromatic nitrogens is 2. The number of halogens is 1. The number of nitrogens with one attached hydrogen (secondary N) is 1. The van der Waals surface area contributed by atoms with Crippen LogP contribution in [-0.4, -0.2) is 22.5 Å². The second-order valence-electron chi connectivity index (χ2n) is 4.44. The molecule has 1 aromatic heterocycles. The van der Waals surface area contributed by atoms with Crippen molar-refractivity contribution in [2.45, 2.75) is 40.0 Å². The first-order chi connectivity index (χ1) is 9.58. The summed E-state index contributed by atoms with van der Waals surface area (Å²) in [4.78, 5) is 1.02. The van der Waals surface area contributed by atoms with E-state index in [1.165, 1.54) is 5.56 Å². The highest BCUT2D eigenvalue weighted by Gasteiger charge is 2.09. The second-order valence-corrected chi connectivity index (χ2v) is 8.17. The highest BCUT2D eigenvalue weighted by molar-refractivity contribution is 8.03. The number of hydrogen-bond acceptors (Lipinski definition) is 6. The molecule has 0 atom stereocenters. The van der Waals surface area contributed by atoms with Gasteiger partial charge in [-0.2, -0.15) is 0 Å². The van der Waals surface area contributed by atoms with Crippen LogP contribution in [0.15, 0.2) is 31.8 Å². The van der Waals surface area contributed by atoms with Gasteiger partial charge in [-0.3, -0.25) is 0 Å². The lowest BCUT2D eigenvalue weighted by atomic mass is 10.2. The van der Waals surface area contributed by atoms with Crippen molar-refractivity contribution in [1.29, 1.82) is 0 Å². The number of thioether (sulfide) groups is 1. The van der Waals surface area contributed by atoms with Crippen LogP contribution < -0.4 is 5.32 Å². The van der Waals surface area contributed by atoms with Crippen LogP contribution in [0.1, 0.15) is 19.4 Å². The lowest BCUT2D eigenvalue weighted by Crippen LogP contribution is -2.21. The van der Waals surface area contributed by atoms with E-state index in [1.54, 1.807) is 34.9 Å². The standard InChI is InChI=1S/C13H16ClN3S3/c1-8(2)15-7-9-4-5-11(10(14)6-9)19-13-17-16-12(18-3)20-13/h4-6,8,15H,7H2,1-3H3. The van der Waals surface area contributed by atoms with Crippen LogP contribution in [0.5, 0.6) is 0 Å². The Bertz CT molecular complexity index is 572. The molecule has 0 unspecified atom stereocenters. The Labute approximate surface area is 136 Å². The number of benzene rings is 1. The Morgan fingerprint density at radius 2 is 2.05 bits per heavy atom. The van der Waals surface area contributed by atoms with Crippen molar-refractivity contribution in [3.8, 4) is 0 Å². The third-order valence-corrected chi connectivity index (χ3v) is 5.92. The van der Waals surface area contributed by atoms with E-state index in [0.29, 0.717) is 6.04 Å². The van der Waals surface area contributed by atoms with Crippen molar-refractivity contribution >= 4 is 46.5 Å². The van der Waals surface area contributed by atoms with Crippen molar-refractivity contribution in [1.82, 2.24) is 15.5 Å². The maximum absolute atomic E-state index is 6.34. The van der Waals surface area contributed by atoms with Crippen LogP contribution in [0.2, 0.25) is 5.02 Å². The summed E-state index contributed by atoms with van der Waals surface area (Å²) in [6.07, 6.45) is 2.00. The summed E-state index contributed by atoms with van der Waals surface area (Å²) in [6, 6.07) is 6.62. The minimum atomic E-state index is 0.467. The number of nitrogens with zero attached hydrogens (tertiary/aromatic N) is 2. The molecule has 2 aromatic rings. The molecule has 1 heterocycles. The van der Waals surface area contributed by atoms with E-state index in [-0.39, 0.29) is 0 Å². The van der Waals surface area contributed by atoms with Gasteiger partial charge in [-0.05, 0) is 24.0 Å². The maximum atomic E-state index is 6.34. The molecule has 108 valence electrons. The predicted octanol–water partition coefficient (Wildman–Crippen LogP) is 4.56. The van der Waals surface area contributed by atoms with E-state index >= 15 is 0 Å². The number of hydrogen-bond donors (Lipinski definition) is 1. The SMILES string of the molecule is CSc1nnc(Sc2ccc(CNC(C)C)cc2Cl)s1. The summed E-state index contributed by atoms with van der Waals surface area (Å²) in [5.41, 5.74) is 1.19. The summed E-state index contributed by atoms with van der Waals surface area (Å²) >= 11 is 11.1.